The molecule has 2 rings (SSSR count). The number of ketones is 1. The highest BCUT2D eigenvalue weighted by Gasteiger charge is 2.41. The number of halogens is 1. The van der Waals surface area contributed by atoms with Crippen LogP contribution in [0.5, 0.6) is 0 Å². The third-order valence-electron chi connectivity index (χ3n) is 2.93. The zero-order valence-electron chi connectivity index (χ0n) is 8.38. The minimum Gasteiger partial charge on any atom is -0.300 e. The largest absolute Gasteiger partial charge is 0.300 e. The summed E-state index contributed by atoms with van der Waals surface area (Å²) in [6.45, 7) is 2.00. The predicted octanol–water partition coefficient (Wildman–Crippen LogP) is 2.83. The summed E-state index contributed by atoms with van der Waals surface area (Å²) in [5, 5.41) is 9.60. The molecular formula is C12H10ClNO. The van der Waals surface area contributed by atoms with Crippen molar-refractivity contribution in [3.63, 3.8) is 0 Å². The van der Waals surface area contributed by atoms with Crippen LogP contribution in [-0.4, -0.2) is 5.78 Å². The first-order valence-corrected chi connectivity index (χ1v) is 5.15. The molecule has 1 saturated carbocycles. The standard InChI is InChI=1S/C12H10ClNO/c1-12(5-10(15)6-12)11-4-9(13)3-2-8(11)7-14/h2-4H,5-6H2,1H3. The van der Waals surface area contributed by atoms with Crippen LogP contribution in [0.3, 0.4) is 0 Å². The minimum absolute atomic E-state index is 0.187. The van der Waals surface area contributed by atoms with Crippen LogP contribution in [0.15, 0.2) is 18.2 Å². The number of rotatable bonds is 1. The Balaban J connectivity index is 2.48. The molecule has 0 bridgehead atoms. The lowest BCUT2D eigenvalue weighted by molar-refractivity contribution is -0.127. The summed E-state index contributed by atoms with van der Waals surface area (Å²) in [5.74, 6) is 0.251. The first-order chi connectivity index (χ1) is 7.05. The number of hydrogen-bond donors (Lipinski definition) is 0. The molecule has 1 fully saturated rings. The van der Waals surface area contributed by atoms with Crippen molar-refractivity contribution in [2.75, 3.05) is 0 Å². The molecule has 0 atom stereocenters. The van der Waals surface area contributed by atoms with Gasteiger partial charge in [-0.2, -0.15) is 5.26 Å². The van der Waals surface area contributed by atoms with Crippen LogP contribution in [0.4, 0.5) is 0 Å². The van der Waals surface area contributed by atoms with E-state index in [9.17, 15) is 4.79 Å². The first-order valence-electron chi connectivity index (χ1n) is 4.77. The van der Waals surface area contributed by atoms with E-state index in [4.69, 9.17) is 16.9 Å². The second kappa shape index (κ2) is 3.36. The van der Waals surface area contributed by atoms with Gasteiger partial charge in [0.05, 0.1) is 11.6 Å². The zero-order valence-corrected chi connectivity index (χ0v) is 9.14. The van der Waals surface area contributed by atoms with E-state index < -0.39 is 0 Å². The Bertz CT molecular complexity index is 465. The molecule has 0 spiro atoms. The molecule has 76 valence electrons. The van der Waals surface area contributed by atoms with Crippen LogP contribution in [0, 0.1) is 11.3 Å². The fourth-order valence-electron chi connectivity index (χ4n) is 2.12. The van der Waals surface area contributed by atoms with Crippen LogP contribution in [0.2, 0.25) is 5.02 Å². The van der Waals surface area contributed by atoms with E-state index in [1.54, 1.807) is 18.2 Å². The van der Waals surface area contributed by atoms with Gasteiger partial charge in [-0.25, -0.2) is 0 Å². The normalized spacial score (nSPS) is 18.1. The fourth-order valence-corrected chi connectivity index (χ4v) is 2.29. The maximum absolute atomic E-state index is 11.1. The molecule has 0 unspecified atom stereocenters. The zero-order chi connectivity index (χ0) is 11.1. The molecular weight excluding hydrogens is 210 g/mol. The SMILES string of the molecule is CC1(c2cc(Cl)ccc2C#N)CC(=O)C1. The highest BCUT2D eigenvalue weighted by molar-refractivity contribution is 6.30. The highest BCUT2D eigenvalue weighted by Crippen LogP contribution is 2.42. The lowest BCUT2D eigenvalue weighted by Gasteiger charge is -2.37. The number of hydrogen-bond acceptors (Lipinski definition) is 2. The van der Waals surface area contributed by atoms with Gasteiger partial charge in [-0.3, -0.25) is 4.79 Å². The van der Waals surface area contributed by atoms with Crippen molar-refractivity contribution in [2.45, 2.75) is 25.2 Å². The molecule has 0 heterocycles. The Kier molecular flexibility index (Phi) is 2.28. The number of carbonyl (C=O) groups is 1. The summed E-state index contributed by atoms with van der Waals surface area (Å²) >= 11 is 5.90. The van der Waals surface area contributed by atoms with E-state index in [0.29, 0.717) is 23.4 Å². The highest BCUT2D eigenvalue weighted by atomic mass is 35.5. The van der Waals surface area contributed by atoms with Gasteiger partial charge in [0.15, 0.2) is 0 Å². The second-order valence-corrected chi connectivity index (χ2v) is 4.69. The van der Waals surface area contributed by atoms with Crippen molar-refractivity contribution in [3.05, 3.63) is 34.3 Å². The minimum atomic E-state index is -0.187. The summed E-state index contributed by atoms with van der Waals surface area (Å²) in [7, 11) is 0. The van der Waals surface area contributed by atoms with E-state index in [2.05, 4.69) is 6.07 Å². The van der Waals surface area contributed by atoms with Crippen molar-refractivity contribution in [1.82, 2.24) is 0 Å². The van der Waals surface area contributed by atoms with Crippen molar-refractivity contribution < 1.29 is 4.79 Å². The summed E-state index contributed by atoms with van der Waals surface area (Å²) in [4.78, 5) is 11.1. The van der Waals surface area contributed by atoms with Crippen molar-refractivity contribution in [3.8, 4) is 6.07 Å². The molecule has 1 aliphatic carbocycles. The molecule has 1 aliphatic rings. The Morgan fingerprint density at radius 3 is 2.67 bits per heavy atom. The molecule has 0 amide bonds. The molecule has 3 heteroatoms. The average Bonchev–Trinajstić information content (AvgIpc) is 2.15. The van der Waals surface area contributed by atoms with Crippen LogP contribution < -0.4 is 0 Å². The Hall–Kier alpha value is -1.33. The van der Waals surface area contributed by atoms with E-state index in [1.807, 2.05) is 6.92 Å². The lowest BCUT2D eigenvalue weighted by Crippen LogP contribution is -2.39. The number of carbonyl (C=O) groups excluding carboxylic acids is 1. The van der Waals surface area contributed by atoms with Gasteiger partial charge in [-0.05, 0) is 23.8 Å². The molecule has 1 aromatic carbocycles. The van der Waals surface area contributed by atoms with Gasteiger partial charge < -0.3 is 0 Å². The average molecular weight is 220 g/mol. The number of Topliss-reactive ketones (excluding diaryl/α,β-unsaturated/α-hetero) is 1. The monoisotopic (exact) mass is 219 g/mol. The molecule has 0 aromatic heterocycles. The molecule has 15 heavy (non-hydrogen) atoms. The lowest BCUT2D eigenvalue weighted by atomic mass is 9.64. The Morgan fingerprint density at radius 2 is 2.13 bits per heavy atom. The van der Waals surface area contributed by atoms with Crippen LogP contribution in [0.25, 0.3) is 0 Å². The summed E-state index contributed by atoms with van der Waals surface area (Å²) in [6.07, 6.45) is 1.03. The summed E-state index contributed by atoms with van der Waals surface area (Å²) < 4.78 is 0. The van der Waals surface area contributed by atoms with Crippen molar-refractivity contribution >= 4 is 17.4 Å². The van der Waals surface area contributed by atoms with Gasteiger partial charge in [-0.1, -0.05) is 18.5 Å². The third kappa shape index (κ3) is 1.64. The molecule has 0 N–H and O–H groups in total. The van der Waals surface area contributed by atoms with Gasteiger partial charge >= 0.3 is 0 Å². The van der Waals surface area contributed by atoms with E-state index in [-0.39, 0.29) is 11.2 Å². The number of nitrogens with zero attached hydrogens (tertiary/aromatic N) is 1. The van der Waals surface area contributed by atoms with Gasteiger partial charge in [-0.15, -0.1) is 0 Å². The third-order valence-corrected chi connectivity index (χ3v) is 3.16. The van der Waals surface area contributed by atoms with E-state index in [0.717, 1.165) is 5.56 Å². The van der Waals surface area contributed by atoms with Gasteiger partial charge in [0, 0.05) is 23.3 Å². The topological polar surface area (TPSA) is 40.9 Å². The fraction of sp³-hybridized carbons (Fsp3) is 0.333. The van der Waals surface area contributed by atoms with E-state index >= 15 is 0 Å². The maximum atomic E-state index is 11.1. The summed E-state index contributed by atoms with van der Waals surface area (Å²) in [5.41, 5.74) is 1.33. The van der Waals surface area contributed by atoms with Crippen LogP contribution >= 0.6 is 11.6 Å². The smallest absolute Gasteiger partial charge is 0.134 e. The van der Waals surface area contributed by atoms with Gasteiger partial charge in [0.25, 0.3) is 0 Å². The summed E-state index contributed by atoms with van der Waals surface area (Å²) in [6, 6.07) is 7.36. The quantitative estimate of drug-likeness (QED) is 0.729. The number of nitriles is 1. The Morgan fingerprint density at radius 1 is 1.47 bits per heavy atom. The van der Waals surface area contributed by atoms with Crippen LogP contribution in [0.1, 0.15) is 30.9 Å². The molecule has 0 aliphatic heterocycles. The molecule has 0 radical (unpaired) electrons. The van der Waals surface area contributed by atoms with Crippen molar-refractivity contribution in [2.24, 2.45) is 0 Å². The second-order valence-electron chi connectivity index (χ2n) is 4.25. The first kappa shape index (κ1) is 10.2. The van der Waals surface area contributed by atoms with Crippen molar-refractivity contribution in [1.29, 1.82) is 5.26 Å². The molecule has 2 nitrogen and oxygen atoms in total. The van der Waals surface area contributed by atoms with Gasteiger partial charge in [0.2, 0.25) is 0 Å². The predicted molar refractivity (Wildman–Crippen MR) is 57.8 cm³/mol. The molecule has 0 saturated heterocycles. The van der Waals surface area contributed by atoms with Crippen LogP contribution in [-0.2, 0) is 10.2 Å². The maximum Gasteiger partial charge on any atom is 0.134 e. The number of benzene rings is 1. The van der Waals surface area contributed by atoms with Gasteiger partial charge in [0.1, 0.15) is 5.78 Å². The molecule has 1 aromatic rings. The Labute approximate surface area is 93.5 Å². The van der Waals surface area contributed by atoms with E-state index in [1.165, 1.54) is 0 Å².